The molecule has 0 saturated carbocycles. The van der Waals surface area contributed by atoms with Crippen molar-refractivity contribution in [3.05, 3.63) is 58.6 Å². The normalized spacial score (nSPS) is 11.9. The minimum atomic E-state index is -0.575. The van der Waals surface area contributed by atoms with Crippen LogP contribution < -0.4 is 9.54 Å². The van der Waals surface area contributed by atoms with Gasteiger partial charge in [-0.3, -0.25) is 4.79 Å². The third-order valence-electron chi connectivity index (χ3n) is 3.71. The van der Waals surface area contributed by atoms with Gasteiger partial charge in [0.05, 0.1) is 22.9 Å². The van der Waals surface area contributed by atoms with Crippen LogP contribution in [0.2, 0.25) is 0 Å². The zero-order valence-electron chi connectivity index (χ0n) is 13.9. The average Bonchev–Trinajstić information content (AvgIpc) is 2.96. The quantitative estimate of drug-likeness (QED) is 0.677. The average molecular weight is 376 g/mol. The van der Waals surface area contributed by atoms with E-state index in [1.807, 2.05) is 29.0 Å². The van der Waals surface area contributed by atoms with Crippen LogP contribution in [0, 0.1) is 5.82 Å². The van der Waals surface area contributed by atoms with E-state index in [1.165, 1.54) is 23.5 Å². The number of amides is 1. The summed E-state index contributed by atoms with van der Waals surface area (Å²) in [7, 11) is 1.62. The second-order valence-electron chi connectivity index (χ2n) is 5.26. The molecule has 1 amide bonds. The fourth-order valence-corrected chi connectivity index (χ4v) is 3.84. The minimum absolute atomic E-state index is 0.0195. The number of aromatic nitrogens is 1. The fraction of sp³-hybridized carbons (Fsp3) is 0.222. The number of nitrogens with zero attached hydrogens (tertiary/aromatic N) is 2. The van der Waals surface area contributed by atoms with Crippen molar-refractivity contribution in [2.24, 2.45) is 4.99 Å². The van der Waals surface area contributed by atoms with Crippen molar-refractivity contribution in [2.75, 3.05) is 19.1 Å². The number of hydrogen-bond donors (Lipinski definition) is 0. The van der Waals surface area contributed by atoms with Gasteiger partial charge in [-0.1, -0.05) is 23.5 Å². The van der Waals surface area contributed by atoms with Crippen LogP contribution in [-0.4, -0.2) is 29.6 Å². The molecular weight excluding hydrogens is 359 g/mol. The van der Waals surface area contributed by atoms with Crippen LogP contribution in [-0.2, 0) is 6.54 Å². The smallest absolute Gasteiger partial charge is 0.282 e. The van der Waals surface area contributed by atoms with E-state index in [9.17, 15) is 9.18 Å². The lowest BCUT2D eigenvalue weighted by atomic mass is 10.2. The van der Waals surface area contributed by atoms with E-state index in [-0.39, 0.29) is 5.56 Å². The van der Waals surface area contributed by atoms with Gasteiger partial charge in [0.1, 0.15) is 11.6 Å². The number of methoxy groups -OCH3 is 1. The maximum Gasteiger partial charge on any atom is 0.282 e. The molecule has 0 radical (unpaired) electrons. The van der Waals surface area contributed by atoms with Crippen molar-refractivity contribution in [3.63, 3.8) is 0 Å². The van der Waals surface area contributed by atoms with Gasteiger partial charge in [0.2, 0.25) is 0 Å². The van der Waals surface area contributed by atoms with Crippen molar-refractivity contribution < 1.29 is 13.9 Å². The highest BCUT2D eigenvalue weighted by Crippen LogP contribution is 2.23. The number of ether oxygens (including phenoxy) is 1. The predicted molar refractivity (Wildman–Crippen MR) is 101 cm³/mol. The standard InChI is InChI=1S/C18H17FN2O2S2/c1-23-12-7-8-16-15(11-12)21(9-10-24-2)18(25-16)20-17(22)13-5-3-4-6-14(13)19/h3-8,11H,9-10H2,1-2H3. The third kappa shape index (κ3) is 3.77. The first-order chi connectivity index (χ1) is 12.1. The molecule has 0 atom stereocenters. The summed E-state index contributed by atoms with van der Waals surface area (Å²) in [6.07, 6.45) is 2.02. The highest BCUT2D eigenvalue weighted by Gasteiger charge is 2.12. The number of halogens is 1. The maximum atomic E-state index is 13.8. The molecule has 0 bridgehead atoms. The Morgan fingerprint density at radius 2 is 2.12 bits per heavy atom. The van der Waals surface area contributed by atoms with Crippen LogP contribution in [0.15, 0.2) is 47.5 Å². The molecule has 0 aliphatic carbocycles. The molecule has 0 unspecified atom stereocenters. The Morgan fingerprint density at radius 1 is 1.32 bits per heavy atom. The molecule has 1 heterocycles. The molecule has 3 rings (SSSR count). The first-order valence-corrected chi connectivity index (χ1v) is 9.85. The molecule has 25 heavy (non-hydrogen) atoms. The van der Waals surface area contributed by atoms with E-state index in [0.29, 0.717) is 11.3 Å². The van der Waals surface area contributed by atoms with E-state index < -0.39 is 11.7 Å². The van der Waals surface area contributed by atoms with Gasteiger partial charge in [-0.05, 0) is 30.5 Å². The van der Waals surface area contributed by atoms with Crippen molar-refractivity contribution in [1.82, 2.24) is 4.57 Å². The SMILES string of the molecule is COc1ccc2sc(=NC(=O)c3ccccc3F)n(CCSC)c2c1. The molecule has 130 valence electrons. The molecular formula is C18H17FN2O2S2. The second-order valence-corrected chi connectivity index (χ2v) is 7.25. The topological polar surface area (TPSA) is 43.6 Å². The highest BCUT2D eigenvalue weighted by molar-refractivity contribution is 7.98. The summed E-state index contributed by atoms with van der Waals surface area (Å²) in [5.41, 5.74) is 0.937. The molecule has 0 saturated heterocycles. The van der Waals surface area contributed by atoms with Gasteiger partial charge in [0.15, 0.2) is 4.80 Å². The van der Waals surface area contributed by atoms with Crippen molar-refractivity contribution >= 4 is 39.2 Å². The summed E-state index contributed by atoms with van der Waals surface area (Å²) in [6.45, 7) is 0.706. The van der Waals surface area contributed by atoms with Gasteiger partial charge in [0, 0.05) is 18.4 Å². The molecule has 4 nitrogen and oxygen atoms in total. The largest absolute Gasteiger partial charge is 0.497 e. The molecule has 0 fully saturated rings. The van der Waals surface area contributed by atoms with Gasteiger partial charge in [0.25, 0.3) is 5.91 Å². The Balaban J connectivity index is 2.13. The second kappa shape index (κ2) is 7.84. The molecule has 0 N–H and O–H groups in total. The number of rotatable bonds is 5. The lowest BCUT2D eigenvalue weighted by Crippen LogP contribution is -2.18. The Kier molecular flexibility index (Phi) is 5.55. The van der Waals surface area contributed by atoms with Crippen molar-refractivity contribution in [3.8, 4) is 5.75 Å². The number of carbonyl (C=O) groups is 1. The Morgan fingerprint density at radius 3 is 2.84 bits per heavy atom. The number of thioether (sulfide) groups is 1. The van der Waals surface area contributed by atoms with Gasteiger partial charge >= 0.3 is 0 Å². The summed E-state index contributed by atoms with van der Waals surface area (Å²) < 4.78 is 22.1. The minimum Gasteiger partial charge on any atom is -0.497 e. The molecule has 1 aromatic heterocycles. The number of thiazole rings is 1. The summed E-state index contributed by atoms with van der Waals surface area (Å²) in [5.74, 6) is 0.490. The van der Waals surface area contributed by atoms with Crippen LogP contribution in [0.1, 0.15) is 10.4 Å². The summed E-state index contributed by atoms with van der Waals surface area (Å²) >= 11 is 3.12. The summed E-state index contributed by atoms with van der Waals surface area (Å²) in [5, 5.41) is 0. The van der Waals surface area contributed by atoms with Gasteiger partial charge in [-0.2, -0.15) is 16.8 Å². The van der Waals surface area contributed by atoms with Crippen LogP contribution in [0.4, 0.5) is 4.39 Å². The Bertz CT molecular complexity index is 979. The summed E-state index contributed by atoms with van der Waals surface area (Å²) in [6, 6.07) is 11.6. The summed E-state index contributed by atoms with van der Waals surface area (Å²) in [4.78, 5) is 17.2. The first kappa shape index (κ1) is 17.7. The van der Waals surface area contributed by atoms with Crippen LogP contribution >= 0.6 is 23.1 Å². The lowest BCUT2D eigenvalue weighted by molar-refractivity contribution is 0.0994. The van der Waals surface area contributed by atoms with Crippen LogP contribution in [0.5, 0.6) is 5.75 Å². The first-order valence-electron chi connectivity index (χ1n) is 7.64. The van der Waals surface area contributed by atoms with Gasteiger partial charge < -0.3 is 9.30 Å². The van der Waals surface area contributed by atoms with Crippen LogP contribution in [0.3, 0.4) is 0 Å². The third-order valence-corrected chi connectivity index (χ3v) is 5.36. The van der Waals surface area contributed by atoms with Crippen LogP contribution in [0.25, 0.3) is 10.2 Å². The monoisotopic (exact) mass is 376 g/mol. The van der Waals surface area contributed by atoms with Crippen molar-refractivity contribution in [2.45, 2.75) is 6.54 Å². The Hall–Kier alpha value is -2.12. The zero-order chi connectivity index (χ0) is 17.8. The zero-order valence-corrected chi connectivity index (χ0v) is 15.5. The molecule has 0 aliphatic rings. The van der Waals surface area contributed by atoms with Gasteiger partial charge in [-0.15, -0.1) is 0 Å². The molecule has 2 aromatic carbocycles. The maximum absolute atomic E-state index is 13.8. The number of fused-ring (bicyclic) bond motifs is 1. The van der Waals surface area contributed by atoms with Crippen molar-refractivity contribution in [1.29, 1.82) is 0 Å². The highest BCUT2D eigenvalue weighted by atomic mass is 32.2. The van der Waals surface area contributed by atoms with E-state index in [1.54, 1.807) is 31.0 Å². The predicted octanol–water partition coefficient (Wildman–Crippen LogP) is 3.95. The molecule has 3 aromatic rings. The van der Waals surface area contributed by atoms with E-state index in [2.05, 4.69) is 4.99 Å². The number of benzene rings is 2. The van der Waals surface area contributed by atoms with E-state index in [4.69, 9.17) is 4.74 Å². The Labute approximate surface area is 153 Å². The number of aryl methyl sites for hydroxylation is 1. The number of hydrogen-bond acceptors (Lipinski definition) is 4. The van der Waals surface area contributed by atoms with Gasteiger partial charge in [-0.25, -0.2) is 4.39 Å². The van der Waals surface area contributed by atoms with E-state index >= 15 is 0 Å². The molecule has 0 aliphatic heterocycles. The molecule has 7 heteroatoms. The lowest BCUT2D eigenvalue weighted by Gasteiger charge is -2.05. The fourth-order valence-electron chi connectivity index (χ4n) is 2.44. The van der Waals surface area contributed by atoms with E-state index in [0.717, 1.165) is 21.7 Å². The number of carbonyl (C=O) groups excluding carboxylic acids is 1. The molecule has 0 spiro atoms.